The van der Waals surface area contributed by atoms with Crippen LogP contribution < -0.4 is 10.1 Å². The molecule has 1 fully saturated rings. The third-order valence-corrected chi connectivity index (χ3v) is 7.44. The molecule has 2 atom stereocenters. The fraction of sp³-hybridized carbons (Fsp3) is 0.321. The zero-order valence-corrected chi connectivity index (χ0v) is 22.7. The number of benzene rings is 2. The van der Waals surface area contributed by atoms with E-state index in [0.29, 0.717) is 35.9 Å². The molecule has 12 heteroatoms. The minimum Gasteiger partial charge on any atom is -0.497 e. The molecule has 1 saturated heterocycles. The summed E-state index contributed by atoms with van der Waals surface area (Å²) < 4.78 is 24.7. The lowest BCUT2D eigenvalue weighted by Crippen LogP contribution is -2.46. The van der Waals surface area contributed by atoms with E-state index in [1.807, 2.05) is 17.5 Å². The van der Waals surface area contributed by atoms with Crippen LogP contribution in [-0.4, -0.2) is 63.3 Å². The van der Waals surface area contributed by atoms with E-state index >= 15 is 0 Å². The minimum atomic E-state index is -1.01. The molecule has 3 heterocycles. The van der Waals surface area contributed by atoms with Crippen molar-refractivity contribution < 1.29 is 23.5 Å². The summed E-state index contributed by atoms with van der Waals surface area (Å²) >= 11 is 1.47. The number of halogens is 1. The monoisotopic (exact) mass is 564 g/mol. The van der Waals surface area contributed by atoms with E-state index in [4.69, 9.17) is 9.47 Å². The van der Waals surface area contributed by atoms with Crippen LogP contribution in [0.5, 0.6) is 5.75 Å². The van der Waals surface area contributed by atoms with Gasteiger partial charge in [-0.1, -0.05) is 18.2 Å². The Labute approximate surface area is 234 Å². The molecule has 2 aromatic heterocycles. The van der Waals surface area contributed by atoms with Crippen molar-refractivity contribution in [2.75, 3.05) is 20.3 Å². The third-order valence-electron chi connectivity index (χ3n) is 6.58. The first kappa shape index (κ1) is 27.4. The van der Waals surface area contributed by atoms with E-state index in [-0.39, 0.29) is 25.1 Å². The second kappa shape index (κ2) is 12.8. The Morgan fingerprint density at radius 2 is 2.00 bits per heavy atom. The molecule has 1 N–H and O–H groups in total. The van der Waals surface area contributed by atoms with Gasteiger partial charge in [-0.2, -0.15) is 4.80 Å². The molecule has 5 rings (SSSR count). The molecule has 208 valence electrons. The molecule has 2 unspecified atom stereocenters. The minimum absolute atomic E-state index is 0.0741. The van der Waals surface area contributed by atoms with Gasteiger partial charge in [0.1, 0.15) is 24.2 Å². The van der Waals surface area contributed by atoms with E-state index in [2.05, 4.69) is 20.7 Å². The van der Waals surface area contributed by atoms with Gasteiger partial charge in [-0.3, -0.25) is 9.59 Å². The van der Waals surface area contributed by atoms with Gasteiger partial charge >= 0.3 is 0 Å². The van der Waals surface area contributed by atoms with E-state index in [9.17, 15) is 14.0 Å². The summed E-state index contributed by atoms with van der Waals surface area (Å²) in [6, 6.07) is 15.5. The van der Waals surface area contributed by atoms with Crippen LogP contribution in [0, 0.1) is 5.82 Å². The van der Waals surface area contributed by atoms with Crippen molar-refractivity contribution in [1.29, 1.82) is 0 Å². The number of thiophene rings is 1. The third kappa shape index (κ3) is 6.69. The van der Waals surface area contributed by atoms with Crippen LogP contribution in [0.15, 0.2) is 66.0 Å². The fourth-order valence-electron chi connectivity index (χ4n) is 4.51. The predicted octanol–water partition coefficient (Wildman–Crippen LogP) is 3.61. The van der Waals surface area contributed by atoms with Crippen molar-refractivity contribution >= 4 is 23.2 Å². The van der Waals surface area contributed by atoms with E-state index < -0.39 is 17.8 Å². The summed E-state index contributed by atoms with van der Waals surface area (Å²) in [5.74, 6) is -0.160. The molecule has 0 bridgehead atoms. The van der Waals surface area contributed by atoms with Crippen LogP contribution in [-0.2, 0) is 27.4 Å². The van der Waals surface area contributed by atoms with E-state index in [1.165, 1.54) is 45.3 Å². The number of hydrogen-bond donors (Lipinski definition) is 1. The van der Waals surface area contributed by atoms with Crippen molar-refractivity contribution in [2.24, 2.45) is 0 Å². The Balaban J connectivity index is 1.41. The van der Waals surface area contributed by atoms with Crippen molar-refractivity contribution in [3.63, 3.8) is 0 Å². The highest BCUT2D eigenvalue weighted by Crippen LogP contribution is 2.26. The Kier molecular flexibility index (Phi) is 8.77. The molecule has 1 aliphatic rings. The SMILES string of the molecule is COc1ccc(-c2nnn(CC(=O)N(Cc3cccs3)C(C(=O)NCC3CCCO3)c3ccc(F)cc3)n2)cc1. The first-order valence-corrected chi connectivity index (χ1v) is 13.8. The van der Waals surface area contributed by atoms with Crippen molar-refractivity contribution in [3.05, 3.63) is 82.3 Å². The summed E-state index contributed by atoms with van der Waals surface area (Å²) in [7, 11) is 1.58. The van der Waals surface area contributed by atoms with Gasteiger partial charge in [-0.15, -0.1) is 21.5 Å². The Hall–Kier alpha value is -4.16. The molecular formula is C28H29FN6O4S. The molecule has 0 spiro atoms. The van der Waals surface area contributed by atoms with E-state index in [1.54, 1.807) is 31.4 Å². The van der Waals surface area contributed by atoms with Gasteiger partial charge in [0.05, 0.1) is 19.8 Å². The number of amides is 2. The highest BCUT2D eigenvalue weighted by atomic mass is 32.1. The zero-order valence-electron chi connectivity index (χ0n) is 21.9. The number of hydrogen-bond acceptors (Lipinski definition) is 8. The summed E-state index contributed by atoms with van der Waals surface area (Å²) in [6.07, 6.45) is 1.72. The number of nitrogens with zero attached hydrogens (tertiary/aromatic N) is 5. The molecule has 4 aromatic rings. The summed E-state index contributed by atoms with van der Waals surface area (Å²) in [5.41, 5.74) is 1.20. The zero-order chi connectivity index (χ0) is 27.9. The van der Waals surface area contributed by atoms with Crippen LogP contribution in [0.25, 0.3) is 11.4 Å². The fourth-order valence-corrected chi connectivity index (χ4v) is 5.21. The van der Waals surface area contributed by atoms with Crippen molar-refractivity contribution in [1.82, 2.24) is 30.4 Å². The van der Waals surface area contributed by atoms with Gasteiger partial charge in [-0.25, -0.2) is 4.39 Å². The van der Waals surface area contributed by atoms with Gasteiger partial charge in [0.25, 0.3) is 0 Å². The van der Waals surface area contributed by atoms with Gasteiger partial charge in [0.15, 0.2) is 0 Å². The van der Waals surface area contributed by atoms with Gasteiger partial charge in [0, 0.05) is 23.6 Å². The lowest BCUT2D eigenvalue weighted by Gasteiger charge is -2.31. The Morgan fingerprint density at radius 3 is 2.67 bits per heavy atom. The number of carbonyl (C=O) groups excluding carboxylic acids is 2. The lowest BCUT2D eigenvalue weighted by atomic mass is 10.0. The molecule has 0 saturated carbocycles. The van der Waals surface area contributed by atoms with Crippen molar-refractivity contribution in [2.45, 2.75) is 38.1 Å². The summed E-state index contributed by atoms with van der Waals surface area (Å²) in [4.78, 5) is 31.0. The molecule has 10 nitrogen and oxygen atoms in total. The second-order valence-electron chi connectivity index (χ2n) is 9.31. The number of tetrazole rings is 1. The number of nitrogens with one attached hydrogen (secondary N) is 1. The smallest absolute Gasteiger partial charge is 0.247 e. The number of rotatable bonds is 11. The average molecular weight is 565 g/mol. The summed E-state index contributed by atoms with van der Waals surface area (Å²) in [6.45, 7) is 0.916. The van der Waals surface area contributed by atoms with Crippen LogP contribution in [0.4, 0.5) is 4.39 Å². The van der Waals surface area contributed by atoms with Gasteiger partial charge in [-0.05, 0) is 71.5 Å². The Bertz CT molecular complexity index is 1410. The van der Waals surface area contributed by atoms with Crippen LogP contribution >= 0.6 is 11.3 Å². The molecule has 40 heavy (non-hydrogen) atoms. The standard InChI is InChI=1S/C28H29FN6O4S/c1-38-22-12-8-20(9-13-22)27-31-33-35(32-27)18-25(36)34(17-24-5-3-15-40-24)26(19-6-10-21(29)11-7-19)28(37)30-16-23-4-2-14-39-23/h3,5-13,15,23,26H,2,4,14,16-18H2,1H3,(H,30,37). The van der Waals surface area contributed by atoms with Gasteiger partial charge in [0.2, 0.25) is 17.6 Å². The van der Waals surface area contributed by atoms with Crippen LogP contribution in [0.3, 0.4) is 0 Å². The number of carbonyl (C=O) groups is 2. The number of methoxy groups -OCH3 is 1. The largest absolute Gasteiger partial charge is 0.497 e. The van der Waals surface area contributed by atoms with Gasteiger partial charge < -0.3 is 19.7 Å². The molecular weight excluding hydrogens is 535 g/mol. The predicted molar refractivity (Wildman–Crippen MR) is 146 cm³/mol. The topological polar surface area (TPSA) is 111 Å². The summed E-state index contributed by atoms with van der Waals surface area (Å²) in [5, 5.41) is 17.4. The maximum Gasteiger partial charge on any atom is 0.247 e. The highest BCUT2D eigenvalue weighted by molar-refractivity contribution is 7.09. The second-order valence-corrected chi connectivity index (χ2v) is 10.3. The molecule has 2 amide bonds. The van der Waals surface area contributed by atoms with E-state index in [0.717, 1.165) is 17.7 Å². The molecule has 0 radical (unpaired) electrons. The Morgan fingerprint density at radius 1 is 1.20 bits per heavy atom. The maximum atomic E-state index is 13.8. The van der Waals surface area contributed by atoms with Crippen molar-refractivity contribution in [3.8, 4) is 17.1 Å². The lowest BCUT2D eigenvalue weighted by molar-refractivity contribution is -0.142. The highest BCUT2D eigenvalue weighted by Gasteiger charge is 2.33. The molecule has 1 aliphatic heterocycles. The number of aromatic nitrogens is 4. The van der Waals surface area contributed by atoms with Crippen LogP contribution in [0.1, 0.15) is 29.3 Å². The molecule has 0 aliphatic carbocycles. The number of ether oxygens (including phenoxy) is 2. The molecule has 2 aromatic carbocycles. The quantitative estimate of drug-likeness (QED) is 0.296. The first-order valence-electron chi connectivity index (χ1n) is 12.9. The van der Waals surface area contributed by atoms with Crippen LogP contribution in [0.2, 0.25) is 0 Å². The average Bonchev–Trinajstić information content (AvgIpc) is 3.76. The maximum absolute atomic E-state index is 13.8. The normalized spacial score (nSPS) is 15.5. The first-order chi connectivity index (χ1) is 19.5.